The maximum Gasteiger partial charge on any atom is 0.491 e. The molecule has 136 valence electrons. The van der Waals surface area contributed by atoms with Crippen molar-refractivity contribution in [3.05, 3.63) is 23.8 Å². The van der Waals surface area contributed by atoms with Gasteiger partial charge in [-0.1, -0.05) is 70.8 Å². The lowest BCUT2D eigenvalue weighted by molar-refractivity contribution is 0.285. The van der Waals surface area contributed by atoms with Gasteiger partial charge in [-0.3, -0.25) is 0 Å². The number of benzene rings is 1. The number of halogens is 2. The summed E-state index contributed by atoms with van der Waals surface area (Å²) in [6.07, 6.45) is 11.9. The van der Waals surface area contributed by atoms with Crippen molar-refractivity contribution in [1.82, 2.24) is 0 Å². The third-order valence-electron chi connectivity index (χ3n) is 4.11. The zero-order chi connectivity index (χ0) is 17.8. The normalized spacial score (nSPS) is 10.9. The Morgan fingerprint density at radius 2 is 1.38 bits per heavy atom. The van der Waals surface area contributed by atoms with E-state index in [0.29, 0.717) is 6.61 Å². The van der Waals surface area contributed by atoms with Crippen LogP contribution in [0.2, 0.25) is 0 Å². The van der Waals surface area contributed by atoms with Crippen LogP contribution >= 0.6 is 0 Å². The summed E-state index contributed by atoms with van der Waals surface area (Å²) in [7, 11) is -2.03. The van der Waals surface area contributed by atoms with E-state index in [0.717, 1.165) is 25.3 Å². The number of unbranched alkanes of at least 4 members (excludes halogenated alkanes) is 9. The van der Waals surface area contributed by atoms with Crippen molar-refractivity contribution in [2.75, 3.05) is 6.61 Å². The van der Waals surface area contributed by atoms with Crippen LogP contribution in [0.1, 0.15) is 71.1 Å². The van der Waals surface area contributed by atoms with Gasteiger partial charge in [0, 0.05) is 5.46 Å². The van der Waals surface area contributed by atoms with Crippen molar-refractivity contribution in [2.24, 2.45) is 0 Å². The molecule has 0 bridgehead atoms. The van der Waals surface area contributed by atoms with E-state index in [1.165, 1.54) is 51.0 Å². The summed E-state index contributed by atoms with van der Waals surface area (Å²) in [5, 5.41) is 17.8. The van der Waals surface area contributed by atoms with Crippen molar-refractivity contribution in [3.8, 4) is 5.75 Å². The predicted octanol–water partition coefficient (Wildman–Crippen LogP) is 3.94. The quantitative estimate of drug-likeness (QED) is 0.422. The molecule has 0 saturated heterocycles. The van der Waals surface area contributed by atoms with E-state index in [1.807, 2.05) is 0 Å². The molecule has 24 heavy (non-hydrogen) atoms. The first-order chi connectivity index (χ1) is 11.6. The summed E-state index contributed by atoms with van der Waals surface area (Å²) in [5.41, 5.74) is -0.487. The molecule has 0 aliphatic rings. The second-order valence-electron chi connectivity index (χ2n) is 6.19. The zero-order valence-electron chi connectivity index (χ0n) is 14.6. The molecule has 0 amide bonds. The monoisotopic (exact) mass is 342 g/mol. The van der Waals surface area contributed by atoms with Crippen LogP contribution in [0.25, 0.3) is 0 Å². The van der Waals surface area contributed by atoms with E-state index in [9.17, 15) is 8.78 Å². The number of hydrogen-bond donors (Lipinski definition) is 2. The highest BCUT2D eigenvalue weighted by atomic mass is 19.2. The molecular formula is C18H29BF2O3. The summed E-state index contributed by atoms with van der Waals surface area (Å²) in [6.45, 7) is 2.54. The molecule has 0 aromatic heterocycles. The van der Waals surface area contributed by atoms with Gasteiger partial charge in [0.2, 0.25) is 0 Å². The molecule has 0 saturated carbocycles. The molecule has 0 radical (unpaired) electrons. The second-order valence-corrected chi connectivity index (χ2v) is 6.19. The van der Waals surface area contributed by atoms with E-state index >= 15 is 0 Å². The van der Waals surface area contributed by atoms with Crippen LogP contribution in [-0.2, 0) is 0 Å². The molecule has 0 aliphatic heterocycles. The van der Waals surface area contributed by atoms with Crippen LogP contribution in [0, 0.1) is 11.6 Å². The van der Waals surface area contributed by atoms with E-state index < -0.39 is 24.2 Å². The Balaban J connectivity index is 2.12. The average Bonchev–Trinajstić information content (AvgIpc) is 2.56. The molecule has 0 aliphatic carbocycles. The van der Waals surface area contributed by atoms with Gasteiger partial charge in [0.15, 0.2) is 17.4 Å². The van der Waals surface area contributed by atoms with E-state index in [-0.39, 0.29) is 5.75 Å². The first-order valence-corrected chi connectivity index (χ1v) is 9.04. The first kappa shape index (κ1) is 20.9. The fourth-order valence-electron chi connectivity index (χ4n) is 2.63. The Kier molecular flexibility index (Phi) is 10.7. The number of ether oxygens (including phenoxy) is 1. The van der Waals surface area contributed by atoms with Crippen molar-refractivity contribution in [2.45, 2.75) is 71.1 Å². The van der Waals surface area contributed by atoms with Gasteiger partial charge in [0.05, 0.1) is 6.61 Å². The fraction of sp³-hybridized carbons (Fsp3) is 0.667. The van der Waals surface area contributed by atoms with E-state index in [4.69, 9.17) is 14.8 Å². The minimum atomic E-state index is -2.03. The molecule has 0 unspecified atom stereocenters. The lowest BCUT2D eigenvalue weighted by Gasteiger charge is -2.10. The summed E-state index contributed by atoms with van der Waals surface area (Å²) < 4.78 is 32.5. The van der Waals surface area contributed by atoms with Crippen LogP contribution in [0.3, 0.4) is 0 Å². The third-order valence-corrected chi connectivity index (χ3v) is 4.11. The smallest absolute Gasteiger partial charge is 0.490 e. The molecule has 6 heteroatoms. The van der Waals surface area contributed by atoms with Crippen LogP contribution in [-0.4, -0.2) is 23.8 Å². The van der Waals surface area contributed by atoms with Crippen molar-refractivity contribution in [3.63, 3.8) is 0 Å². The highest BCUT2D eigenvalue weighted by Gasteiger charge is 2.22. The first-order valence-electron chi connectivity index (χ1n) is 9.04. The minimum Gasteiger partial charge on any atom is -0.490 e. The highest BCUT2D eigenvalue weighted by Crippen LogP contribution is 2.19. The topological polar surface area (TPSA) is 49.7 Å². The van der Waals surface area contributed by atoms with Crippen molar-refractivity contribution < 1.29 is 23.6 Å². The lowest BCUT2D eigenvalue weighted by Crippen LogP contribution is -2.33. The maximum atomic E-state index is 13.7. The van der Waals surface area contributed by atoms with Gasteiger partial charge in [-0.2, -0.15) is 4.39 Å². The van der Waals surface area contributed by atoms with E-state index in [2.05, 4.69) is 6.92 Å². The SMILES string of the molecule is CCCCCCCCCCCCOc1ccc(B(O)O)c(F)c1F. The third kappa shape index (κ3) is 7.62. The Bertz CT molecular complexity index is 470. The molecule has 0 spiro atoms. The molecule has 0 atom stereocenters. The van der Waals surface area contributed by atoms with E-state index in [1.54, 1.807) is 0 Å². The Labute approximate surface area is 144 Å². The minimum absolute atomic E-state index is 0.187. The van der Waals surface area contributed by atoms with Crippen molar-refractivity contribution >= 4 is 12.6 Å². The maximum absolute atomic E-state index is 13.7. The number of rotatable bonds is 13. The molecule has 1 aromatic carbocycles. The molecule has 1 rings (SSSR count). The molecule has 3 nitrogen and oxygen atoms in total. The summed E-state index contributed by atoms with van der Waals surface area (Å²) in [6, 6.07) is 2.35. The summed E-state index contributed by atoms with van der Waals surface area (Å²) in [5.74, 6) is -2.63. The molecule has 0 heterocycles. The second kappa shape index (κ2) is 12.3. The largest absolute Gasteiger partial charge is 0.491 e. The highest BCUT2D eigenvalue weighted by molar-refractivity contribution is 6.58. The van der Waals surface area contributed by atoms with Crippen LogP contribution < -0.4 is 10.2 Å². The van der Waals surface area contributed by atoms with Gasteiger partial charge in [-0.25, -0.2) is 4.39 Å². The van der Waals surface area contributed by atoms with Gasteiger partial charge in [-0.15, -0.1) is 0 Å². The van der Waals surface area contributed by atoms with Crippen LogP contribution in [0.15, 0.2) is 12.1 Å². The Morgan fingerprint density at radius 1 is 0.833 bits per heavy atom. The Morgan fingerprint density at radius 3 is 1.92 bits per heavy atom. The average molecular weight is 342 g/mol. The van der Waals surface area contributed by atoms with Crippen molar-refractivity contribution in [1.29, 1.82) is 0 Å². The summed E-state index contributed by atoms with van der Waals surface area (Å²) >= 11 is 0. The van der Waals surface area contributed by atoms with Gasteiger partial charge < -0.3 is 14.8 Å². The fourth-order valence-corrected chi connectivity index (χ4v) is 2.63. The Hall–Kier alpha value is -1.14. The molecule has 2 N–H and O–H groups in total. The van der Waals surface area contributed by atoms with Gasteiger partial charge in [0.25, 0.3) is 0 Å². The predicted molar refractivity (Wildman–Crippen MR) is 93.5 cm³/mol. The van der Waals surface area contributed by atoms with Gasteiger partial charge in [0.1, 0.15) is 0 Å². The molecular weight excluding hydrogens is 313 g/mol. The standard InChI is InChI=1S/C18H29BF2O3/c1-2-3-4-5-6-7-8-9-10-11-14-24-16-13-12-15(19(22)23)17(20)18(16)21/h12-13,22-23H,2-11,14H2,1H3. The zero-order valence-corrected chi connectivity index (χ0v) is 14.6. The van der Waals surface area contributed by atoms with Crippen LogP contribution in [0.5, 0.6) is 5.75 Å². The summed E-state index contributed by atoms with van der Waals surface area (Å²) in [4.78, 5) is 0. The molecule has 1 aromatic rings. The van der Waals surface area contributed by atoms with Crippen LogP contribution in [0.4, 0.5) is 8.78 Å². The molecule has 0 fully saturated rings. The number of hydrogen-bond acceptors (Lipinski definition) is 3. The van der Waals surface area contributed by atoms with Gasteiger partial charge in [-0.05, 0) is 12.5 Å². The lowest BCUT2D eigenvalue weighted by atomic mass is 9.80. The van der Waals surface area contributed by atoms with Gasteiger partial charge >= 0.3 is 7.12 Å².